The van der Waals surface area contributed by atoms with Gasteiger partial charge in [0.1, 0.15) is 0 Å². The maximum atomic E-state index is 12.3. The monoisotopic (exact) mass is 481 g/mol. The van der Waals surface area contributed by atoms with E-state index in [1.807, 2.05) is 31.2 Å². The number of urea groups is 1. The fraction of sp³-hybridized carbons (Fsp3) is 0.385. The van der Waals surface area contributed by atoms with Crippen LogP contribution in [0, 0.1) is 6.92 Å². The Labute approximate surface area is 206 Å². The summed E-state index contributed by atoms with van der Waals surface area (Å²) in [6.45, 7) is 4.88. The third-order valence-corrected chi connectivity index (χ3v) is 5.23. The number of carboxylic acids is 1. The largest absolute Gasteiger partial charge is 0.481 e. The highest BCUT2D eigenvalue weighted by Crippen LogP contribution is 2.10. The summed E-state index contributed by atoms with van der Waals surface area (Å²) in [5.41, 5.74) is 6.52. The average molecular weight is 482 g/mol. The summed E-state index contributed by atoms with van der Waals surface area (Å²) in [6.07, 6.45) is 4.61. The van der Waals surface area contributed by atoms with Crippen molar-refractivity contribution in [2.24, 2.45) is 5.10 Å². The number of aliphatic carboxylic acids is 1. The van der Waals surface area contributed by atoms with Crippen molar-refractivity contribution in [2.75, 3.05) is 18.5 Å². The van der Waals surface area contributed by atoms with Gasteiger partial charge in [-0.2, -0.15) is 5.10 Å². The van der Waals surface area contributed by atoms with E-state index in [2.05, 4.69) is 26.5 Å². The molecule has 0 saturated carbocycles. The number of nitrogens with one attached hydrogen (secondary N) is 4. The maximum absolute atomic E-state index is 12.3. The molecule has 0 bridgehead atoms. The third kappa shape index (κ3) is 11.7. The molecule has 1 unspecified atom stereocenters. The molecule has 5 N–H and O–H groups in total. The lowest BCUT2D eigenvalue weighted by Crippen LogP contribution is -2.41. The van der Waals surface area contributed by atoms with E-state index >= 15 is 0 Å². The molecular formula is C26H35N5O4. The summed E-state index contributed by atoms with van der Waals surface area (Å²) in [7, 11) is 0. The van der Waals surface area contributed by atoms with Crippen LogP contribution in [0.2, 0.25) is 0 Å². The number of benzene rings is 2. The molecule has 0 aliphatic heterocycles. The average Bonchev–Trinajstić information content (AvgIpc) is 2.83. The molecule has 2 aromatic rings. The molecule has 1 atom stereocenters. The van der Waals surface area contributed by atoms with E-state index in [1.165, 1.54) is 5.56 Å². The summed E-state index contributed by atoms with van der Waals surface area (Å²) in [6, 6.07) is 14.7. The number of hydrogen-bond donors (Lipinski definition) is 5. The van der Waals surface area contributed by atoms with Crippen molar-refractivity contribution < 1.29 is 19.5 Å². The SMILES string of the molecule is Cc1ccc(/C=N/Nc2ccc(C(=O)NCCCCCNC(=O)NC(C)CCC(=O)O)cc2)cc1. The van der Waals surface area contributed by atoms with Crippen molar-refractivity contribution in [3.63, 3.8) is 0 Å². The van der Waals surface area contributed by atoms with Gasteiger partial charge in [0.15, 0.2) is 0 Å². The Morgan fingerprint density at radius 3 is 2.26 bits per heavy atom. The molecule has 0 fully saturated rings. The molecule has 0 spiro atoms. The van der Waals surface area contributed by atoms with E-state index in [-0.39, 0.29) is 24.4 Å². The Kier molecular flexibility index (Phi) is 11.8. The minimum atomic E-state index is -0.875. The molecule has 0 aliphatic rings. The van der Waals surface area contributed by atoms with Crippen LogP contribution in [0.1, 0.15) is 60.5 Å². The van der Waals surface area contributed by atoms with E-state index in [0.717, 1.165) is 30.5 Å². The van der Waals surface area contributed by atoms with Gasteiger partial charge >= 0.3 is 12.0 Å². The van der Waals surface area contributed by atoms with E-state index in [1.54, 1.807) is 37.4 Å². The number of anilines is 1. The normalized spacial score (nSPS) is 11.6. The van der Waals surface area contributed by atoms with Crippen molar-refractivity contribution in [1.82, 2.24) is 16.0 Å². The standard InChI is InChI=1S/C26H35N5O4/c1-19-6-9-21(10-7-19)18-29-31-23-13-11-22(12-14-23)25(34)27-16-4-3-5-17-28-26(35)30-20(2)8-15-24(32)33/h6-7,9-14,18,20,31H,3-5,8,15-17H2,1-2H3,(H,27,34)(H,32,33)(H2,28,30,35)/b29-18+. The minimum Gasteiger partial charge on any atom is -0.481 e. The lowest BCUT2D eigenvalue weighted by Gasteiger charge is -2.13. The van der Waals surface area contributed by atoms with Crippen LogP contribution in [0.25, 0.3) is 0 Å². The summed E-state index contributed by atoms with van der Waals surface area (Å²) in [4.78, 5) is 34.6. The number of carboxylic acid groups (broad SMARTS) is 1. The van der Waals surface area contributed by atoms with Crippen molar-refractivity contribution in [3.05, 3.63) is 65.2 Å². The fourth-order valence-corrected chi connectivity index (χ4v) is 3.15. The number of hydrogen-bond acceptors (Lipinski definition) is 5. The highest BCUT2D eigenvalue weighted by Gasteiger charge is 2.08. The molecular weight excluding hydrogens is 446 g/mol. The molecule has 3 amide bonds. The second-order valence-electron chi connectivity index (χ2n) is 8.41. The Balaban J connectivity index is 1.56. The van der Waals surface area contributed by atoms with Crippen molar-refractivity contribution in [3.8, 4) is 0 Å². The van der Waals surface area contributed by atoms with Crippen molar-refractivity contribution in [2.45, 2.75) is 52.0 Å². The molecule has 35 heavy (non-hydrogen) atoms. The highest BCUT2D eigenvalue weighted by molar-refractivity contribution is 5.94. The van der Waals surface area contributed by atoms with Crippen LogP contribution in [-0.2, 0) is 4.79 Å². The zero-order chi connectivity index (χ0) is 25.5. The smallest absolute Gasteiger partial charge is 0.314 e. The van der Waals surface area contributed by atoms with Gasteiger partial charge in [-0.05, 0) is 69.4 Å². The lowest BCUT2D eigenvalue weighted by molar-refractivity contribution is -0.137. The predicted octanol–water partition coefficient (Wildman–Crippen LogP) is 3.89. The third-order valence-electron chi connectivity index (χ3n) is 5.23. The Bertz CT molecular complexity index is 974. The Morgan fingerprint density at radius 1 is 0.943 bits per heavy atom. The zero-order valence-corrected chi connectivity index (χ0v) is 20.3. The van der Waals surface area contributed by atoms with Crippen molar-refractivity contribution in [1.29, 1.82) is 0 Å². The quantitative estimate of drug-likeness (QED) is 0.159. The van der Waals surface area contributed by atoms with Gasteiger partial charge in [-0.3, -0.25) is 15.0 Å². The summed E-state index contributed by atoms with van der Waals surface area (Å²) in [5, 5.41) is 21.2. The Morgan fingerprint density at radius 2 is 1.60 bits per heavy atom. The van der Waals surface area contributed by atoms with E-state index < -0.39 is 5.97 Å². The molecule has 188 valence electrons. The highest BCUT2D eigenvalue weighted by atomic mass is 16.4. The molecule has 9 heteroatoms. The predicted molar refractivity (Wildman–Crippen MR) is 138 cm³/mol. The Hall–Kier alpha value is -3.88. The number of hydrazone groups is 1. The molecule has 0 heterocycles. The van der Waals surface area contributed by atoms with Gasteiger partial charge in [0.05, 0.1) is 11.9 Å². The lowest BCUT2D eigenvalue weighted by atomic mass is 10.2. The van der Waals surface area contributed by atoms with Gasteiger partial charge in [0.25, 0.3) is 5.91 Å². The number of carbonyl (C=O) groups excluding carboxylic acids is 2. The van der Waals surface area contributed by atoms with Gasteiger partial charge in [-0.25, -0.2) is 4.79 Å². The van der Waals surface area contributed by atoms with Gasteiger partial charge in [0, 0.05) is 31.1 Å². The van der Waals surface area contributed by atoms with Crippen LogP contribution in [-0.4, -0.2) is 48.4 Å². The van der Waals surface area contributed by atoms with E-state index in [0.29, 0.717) is 25.1 Å². The van der Waals surface area contributed by atoms with Crippen LogP contribution >= 0.6 is 0 Å². The van der Waals surface area contributed by atoms with Gasteiger partial charge in [-0.15, -0.1) is 0 Å². The number of unbranched alkanes of at least 4 members (excludes halogenated alkanes) is 2. The molecule has 2 rings (SSSR count). The fourth-order valence-electron chi connectivity index (χ4n) is 3.15. The first-order valence-corrected chi connectivity index (χ1v) is 11.8. The van der Waals surface area contributed by atoms with E-state index in [9.17, 15) is 14.4 Å². The zero-order valence-electron chi connectivity index (χ0n) is 20.3. The molecule has 0 aromatic heterocycles. The van der Waals surface area contributed by atoms with Crippen molar-refractivity contribution >= 4 is 29.8 Å². The summed E-state index contributed by atoms with van der Waals surface area (Å²) < 4.78 is 0. The van der Waals surface area contributed by atoms with Crippen LogP contribution in [0.5, 0.6) is 0 Å². The number of rotatable bonds is 14. The molecule has 9 nitrogen and oxygen atoms in total. The van der Waals surface area contributed by atoms with E-state index in [4.69, 9.17) is 5.11 Å². The number of aryl methyl sites for hydroxylation is 1. The minimum absolute atomic E-state index is 0.0251. The number of nitrogens with zero attached hydrogens (tertiary/aromatic N) is 1. The second-order valence-corrected chi connectivity index (χ2v) is 8.41. The number of amides is 3. The molecule has 2 aromatic carbocycles. The topological polar surface area (TPSA) is 132 Å². The van der Waals surface area contributed by atoms with Crippen LogP contribution < -0.4 is 21.4 Å². The number of carbonyl (C=O) groups is 3. The van der Waals surface area contributed by atoms with Gasteiger partial charge < -0.3 is 21.1 Å². The van der Waals surface area contributed by atoms with Crippen LogP contribution in [0.4, 0.5) is 10.5 Å². The first-order chi connectivity index (χ1) is 16.8. The molecule has 0 aliphatic carbocycles. The molecule has 0 saturated heterocycles. The van der Waals surface area contributed by atoms with Crippen LogP contribution in [0.3, 0.4) is 0 Å². The van der Waals surface area contributed by atoms with Gasteiger partial charge in [-0.1, -0.05) is 29.8 Å². The summed E-state index contributed by atoms with van der Waals surface area (Å²) >= 11 is 0. The molecule has 0 radical (unpaired) electrons. The van der Waals surface area contributed by atoms with Crippen LogP contribution in [0.15, 0.2) is 53.6 Å². The van der Waals surface area contributed by atoms with Gasteiger partial charge in [0.2, 0.25) is 0 Å². The first kappa shape index (κ1) is 27.4. The maximum Gasteiger partial charge on any atom is 0.314 e. The summed E-state index contributed by atoms with van der Waals surface area (Å²) in [5.74, 6) is -1.01. The second kappa shape index (κ2) is 15.1. The first-order valence-electron chi connectivity index (χ1n) is 11.8.